The number of likely N-dealkylation sites (N-methyl/N-ethyl adjacent to an activating group) is 1. The lowest BCUT2D eigenvalue weighted by Crippen LogP contribution is -2.50. The van der Waals surface area contributed by atoms with Crippen LogP contribution >= 0.6 is 0 Å². The Morgan fingerprint density at radius 3 is 2.30 bits per heavy atom. The van der Waals surface area contributed by atoms with Crippen LogP contribution < -0.4 is 0 Å². The number of nitrogens with zero attached hydrogens (tertiary/aromatic N) is 2. The van der Waals surface area contributed by atoms with E-state index in [4.69, 9.17) is 0 Å². The molecule has 0 bridgehead atoms. The Morgan fingerprint density at radius 2 is 1.80 bits per heavy atom. The molecule has 3 nitrogen and oxygen atoms in total. The maximum atomic E-state index is 12.9. The molecule has 0 aliphatic carbocycles. The third-order valence-corrected chi connectivity index (χ3v) is 5.30. The molecule has 0 spiro atoms. The second-order valence-corrected chi connectivity index (χ2v) is 8.06. The van der Waals surface area contributed by atoms with Crippen molar-refractivity contribution in [3.63, 3.8) is 0 Å². The summed E-state index contributed by atoms with van der Waals surface area (Å²) in [5.74, 6) is 0.303. The van der Waals surface area contributed by atoms with E-state index in [0.29, 0.717) is 5.91 Å². The van der Waals surface area contributed by atoms with Gasteiger partial charge in [-0.05, 0) is 11.5 Å². The van der Waals surface area contributed by atoms with Gasteiger partial charge in [0.1, 0.15) is 0 Å². The number of carbonyl (C=O) groups is 1. The van der Waals surface area contributed by atoms with Gasteiger partial charge in [-0.1, -0.05) is 41.2 Å². The van der Waals surface area contributed by atoms with Crippen molar-refractivity contribution >= 4 is 5.91 Å². The van der Waals surface area contributed by atoms with Gasteiger partial charge in [-0.3, -0.25) is 4.79 Å². The lowest BCUT2D eigenvalue weighted by Gasteiger charge is -2.40. The van der Waals surface area contributed by atoms with Crippen LogP contribution in [0.3, 0.4) is 0 Å². The molecule has 1 heterocycles. The third kappa shape index (κ3) is 3.63. The average Bonchev–Trinajstić information content (AvgIpc) is 2.49. The number of hydrogen-bond acceptors (Lipinski definition) is 1. The van der Waals surface area contributed by atoms with Crippen molar-refractivity contribution in [2.45, 2.75) is 41.0 Å². The van der Waals surface area contributed by atoms with Crippen LogP contribution in [0.2, 0.25) is 0 Å². The van der Waals surface area contributed by atoms with Gasteiger partial charge in [-0.15, -0.1) is 0 Å². The maximum Gasteiger partial charge on any atom is 0.228 e. The van der Waals surface area contributed by atoms with E-state index in [1.807, 2.05) is 6.08 Å². The minimum Gasteiger partial charge on any atom is -0.336 e. The van der Waals surface area contributed by atoms with E-state index in [2.05, 4.69) is 53.1 Å². The summed E-state index contributed by atoms with van der Waals surface area (Å²) in [7, 11) is 2.27. The summed E-state index contributed by atoms with van der Waals surface area (Å²) in [6.07, 6.45) is 3.08. The Morgan fingerprint density at radius 1 is 1.20 bits per heavy atom. The molecule has 1 aliphatic heterocycles. The minimum absolute atomic E-state index is 0.0182. The molecule has 0 aromatic heterocycles. The Labute approximate surface area is 125 Å². The van der Waals surface area contributed by atoms with E-state index in [0.717, 1.165) is 43.6 Å². The van der Waals surface area contributed by atoms with Gasteiger partial charge in [0.05, 0.1) is 33.2 Å². The van der Waals surface area contributed by atoms with E-state index >= 15 is 0 Å². The zero-order valence-corrected chi connectivity index (χ0v) is 14.3. The molecule has 1 unspecified atom stereocenters. The molecular formula is C17H33N2O+. The van der Waals surface area contributed by atoms with Crippen molar-refractivity contribution in [2.24, 2.45) is 10.8 Å². The second kappa shape index (κ2) is 5.88. The predicted molar refractivity (Wildman–Crippen MR) is 85.4 cm³/mol. The van der Waals surface area contributed by atoms with Crippen molar-refractivity contribution in [3.05, 3.63) is 12.7 Å². The summed E-state index contributed by atoms with van der Waals surface area (Å²) >= 11 is 0. The maximum absolute atomic E-state index is 12.9. The second-order valence-electron chi connectivity index (χ2n) is 8.06. The van der Waals surface area contributed by atoms with Gasteiger partial charge < -0.3 is 9.38 Å². The van der Waals surface area contributed by atoms with Gasteiger partial charge in [0, 0.05) is 18.4 Å². The molecule has 1 fully saturated rings. The molecule has 0 aromatic rings. The summed E-state index contributed by atoms with van der Waals surface area (Å²) in [5.41, 5.74) is -0.338. The van der Waals surface area contributed by atoms with Crippen LogP contribution in [0.25, 0.3) is 0 Å². The molecule has 1 rings (SSSR count). The van der Waals surface area contributed by atoms with Crippen molar-refractivity contribution in [1.82, 2.24) is 4.90 Å². The first kappa shape index (κ1) is 17.2. The summed E-state index contributed by atoms with van der Waals surface area (Å²) in [6, 6.07) is 0. The number of quaternary nitrogens is 1. The van der Waals surface area contributed by atoms with Gasteiger partial charge in [0.25, 0.3) is 0 Å². The Bertz CT molecular complexity index is 368. The molecule has 3 heteroatoms. The average molecular weight is 281 g/mol. The highest BCUT2D eigenvalue weighted by atomic mass is 16.2. The zero-order chi connectivity index (χ0) is 15.6. The first-order valence-electron chi connectivity index (χ1n) is 7.77. The highest BCUT2D eigenvalue weighted by Gasteiger charge is 2.43. The highest BCUT2D eigenvalue weighted by Crippen LogP contribution is 2.39. The smallest absolute Gasteiger partial charge is 0.228 e. The third-order valence-electron chi connectivity index (χ3n) is 5.30. The summed E-state index contributed by atoms with van der Waals surface area (Å²) < 4.78 is 1.00. The molecule has 1 saturated heterocycles. The zero-order valence-electron chi connectivity index (χ0n) is 14.3. The van der Waals surface area contributed by atoms with E-state index in [-0.39, 0.29) is 10.8 Å². The molecule has 0 N–H and O–H groups in total. The Balaban J connectivity index is 2.80. The minimum atomic E-state index is -0.320. The van der Waals surface area contributed by atoms with E-state index in [1.54, 1.807) is 0 Å². The van der Waals surface area contributed by atoms with E-state index in [9.17, 15) is 4.79 Å². The first-order valence-corrected chi connectivity index (χ1v) is 7.77. The topological polar surface area (TPSA) is 20.3 Å². The molecule has 1 amide bonds. The predicted octanol–water partition coefficient (Wildman–Crippen LogP) is 2.92. The molecule has 0 radical (unpaired) electrons. The molecule has 0 saturated carbocycles. The fraction of sp³-hybridized carbons (Fsp3) is 0.824. The number of carbonyl (C=O) groups excluding carboxylic acids is 1. The highest BCUT2D eigenvalue weighted by molar-refractivity contribution is 5.82. The monoisotopic (exact) mass is 281 g/mol. The van der Waals surface area contributed by atoms with Gasteiger partial charge in [0.15, 0.2) is 0 Å². The van der Waals surface area contributed by atoms with Gasteiger partial charge in [-0.2, -0.15) is 0 Å². The standard InChI is InChI=1S/C17H33N2O/c1-8-12-19(7)13-9-10-18(11-14-19)15(20)17(5,6)16(2,3)4/h8H,1,9-14H2,2-7H3/q+1. The van der Waals surface area contributed by atoms with E-state index in [1.165, 1.54) is 0 Å². The molecule has 20 heavy (non-hydrogen) atoms. The van der Waals surface area contributed by atoms with Crippen molar-refractivity contribution in [3.8, 4) is 0 Å². The molecular weight excluding hydrogens is 248 g/mol. The van der Waals surface area contributed by atoms with Crippen LogP contribution in [0, 0.1) is 10.8 Å². The SMILES string of the molecule is C=CC[N+]1(C)CCCN(C(=O)C(C)(C)C(C)(C)C)CC1. The number of hydrogen-bond donors (Lipinski definition) is 0. The molecule has 0 aromatic carbocycles. The van der Waals surface area contributed by atoms with Gasteiger partial charge >= 0.3 is 0 Å². The molecule has 116 valence electrons. The van der Waals surface area contributed by atoms with Crippen LogP contribution in [0.4, 0.5) is 0 Å². The lowest BCUT2D eigenvalue weighted by molar-refractivity contribution is -0.902. The van der Waals surface area contributed by atoms with Crippen molar-refractivity contribution < 1.29 is 9.28 Å². The quantitative estimate of drug-likeness (QED) is 0.575. The summed E-state index contributed by atoms with van der Waals surface area (Å²) in [4.78, 5) is 15.0. The lowest BCUT2D eigenvalue weighted by atomic mass is 9.68. The Kier molecular flexibility index (Phi) is 5.07. The normalized spacial score (nSPS) is 25.2. The van der Waals surface area contributed by atoms with Crippen molar-refractivity contribution in [1.29, 1.82) is 0 Å². The Hall–Kier alpha value is -0.830. The van der Waals surface area contributed by atoms with Crippen LogP contribution in [0.1, 0.15) is 41.0 Å². The number of rotatable bonds is 3. The van der Waals surface area contributed by atoms with Crippen LogP contribution in [-0.4, -0.2) is 55.1 Å². The largest absolute Gasteiger partial charge is 0.336 e. The van der Waals surface area contributed by atoms with Gasteiger partial charge in [-0.25, -0.2) is 0 Å². The molecule has 1 aliphatic rings. The van der Waals surface area contributed by atoms with Gasteiger partial charge in [0.2, 0.25) is 5.91 Å². The summed E-state index contributed by atoms with van der Waals surface area (Å²) in [6.45, 7) is 19.4. The summed E-state index contributed by atoms with van der Waals surface area (Å²) in [5, 5.41) is 0. The van der Waals surface area contributed by atoms with E-state index < -0.39 is 0 Å². The molecule has 1 atom stereocenters. The fourth-order valence-corrected chi connectivity index (χ4v) is 2.64. The van der Waals surface area contributed by atoms with Crippen LogP contribution in [0.5, 0.6) is 0 Å². The fourth-order valence-electron chi connectivity index (χ4n) is 2.64. The number of amides is 1. The van der Waals surface area contributed by atoms with Crippen LogP contribution in [0.15, 0.2) is 12.7 Å². The van der Waals surface area contributed by atoms with Crippen LogP contribution in [-0.2, 0) is 4.79 Å². The van der Waals surface area contributed by atoms with Crippen molar-refractivity contribution in [2.75, 3.05) is 39.8 Å². The first-order chi connectivity index (χ1) is 9.03.